The van der Waals surface area contributed by atoms with Gasteiger partial charge in [0.1, 0.15) is 0 Å². The maximum absolute atomic E-state index is 6.32. The van der Waals surface area contributed by atoms with Crippen LogP contribution in [-0.4, -0.2) is 12.1 Å². The van der Waals surface area contributed by atoms with Crippen LogP contribution < -0.4 is 4.90 Å². The minimum Gasteiger partial charge on any atom is -0.365 e. The lowest BCUT2D eigenvalue weighted by Gasteiger charge is -2.35. The van der Waals surface area contributed by atoms with E-state index in [1.807, 2.05) is 12.1 Å². The predicted octanol–water partition coefficient (Wildman–Crippen LogP) is 4.46. The number of halogens is 2. The van der Waals surface area contributed by atoms with Crippen molar-refractivity contribution >= 4 is 28.9 Å². The van der Waals surface area contributed by atoms with Crippen molar-refractivity contribution in [2.45, 2.75) is 38.1 Å². The molecule has 0 atom stereocenters. The van der Waals surface area contributed by atoms with Crippen LogP contribution in [0.3, 0.4) is 0 Å². The summed E-state index contributed by atoms with van der Waals surface area (Å²) in [6.45, 7) is 5.60. The first-order valence-corrected chi connectivity index (χ1v) is 6.58. The third-order valence-corrected chi connectivity index (χ3v) is 3.98. The molecule has 0 aromatic heterocycles. The number of benzene rings is 1. The van der Waals surface area contributed by atoms with Gasteiger partial charge < -0.3 is 4.90 Å². The Labute approximate surface area is 107 Å². The Balaban J connectivity index is 2.47. The lowest BCUT2D eigenvalue weighted by atomic mass is 10.0. The molecule has 1 saturated heterocycles. The summed E-state index contributed by atoms with van der Waals surface area (Å²) in [6, 6.07) is 5.97. The zero-order valence-corrected chi connectivity index (χ0v) is 11.3. The van der Waals surface area contributed by atoms with Crippen molar-refractivity contribution in [3.63, 3.8) is 0 Å². The van der Waals surface area contributed by atoms with Crippen LogP contribution in [0.5, 0.6) is 0 Å². The molecule has 0 radical (unpaired) electrons. The van der Waals surface area contributed by atoms with E-state index < -0.39 is 0 Å². The van der Waals surface area contributed by atoms with Gasteiger partial charge >= 0.3 is 0 Å². The molecule has 16 heavy (non-hydrogen) atoms. The summed E-state index contributed by atoms with van der Waals surface area (Å²) in [6.07, 6.45) is 2.43. The van der Waals surface area contributed by atoms with E-state index in [1.165, 1.54) is 12.8 Å². The van der Waals surface area contributed by atoms with E-state index in [-0.39, 0.29) is 5.54 Å². The average molecular weight is 258 g/mol. The fourth-order valence-corrected chi connectivity index (χ4v) is 3.00. The Morgan fingerprint density at radius 3 is 2.69 bits per heavy atom. The van der Waals surface area contributed by atoms with Gasteiger partial charge in [-0.15, -0.1) is 11.6 Å². The van der Waals surface area contributed by atoms with Gasteiger partial charge in [-0.3, -0.25) is 0 Å². The molecule has 3 heteroatoms. The van der Waals surface area contributed by atoms with Gasteiger partial charge in [-0.1, -0.05) is 23.7 Å². The van der Waals surface area contributed by atoms with E-state index in [4.69, 9.17) is 23.2 Å². The topological polar surface area (TPSA) is 3.24 Å². The largest absolute Gasteiger partial charge is 0.365 e. The van der Waals surface area contributed by atoms with Crippen molar-refractivity contribution in [1.82, 2.24) is 0 Å². The maximum Gasteiger partial charge on any atom is 0.0643 e. The van der Waals surface area contributed by atoms with Crippen molar-refractivity contribution < 1.29 is 0 Å². The van der Waals surface area contributed by atoms with Crippen LogP contribution in [0.1, 0.15) is 32.3 Å². The third kappa shape index (κ3) is 2.03. The van der Waals surface area contributed by atoms with Crippen LogP contribution in [-0.2, 0) is 5.88 Å². The summed E-state index contributed by atoms with van der Waals surface area (Å²) in [5.74, 6) is 0.516. The monoisotopic (exact) mass is 257 g/mol. The molecule has 88 valence electrons. The van der Waals surface area contributed by atoms with Gasteiger partial charge in [-0.25, -0.2) is 0 Å². The lowest BCUT2D eigenvalue weighted by Crippen LogP contribution is -2.38. The normalized spacial score (nSPS) is 19.1. The highest BCUT2D eigenvalue weighted by Crippen LogP contribution is 2.40. The zero-order valence-electron chi connectivity index (χ0n) is 9.76. The third-order valence-electron chi connectivity index (χ3n) is 3.39. The van der Waals surface area contributed by atoms with Gasteiger partial charge in [0.15, 0.2) is 0 Å². The van der Waals surface area contributed by atoms with E-state index in [2.05, 4.69) is 24.8 Å². The van der Waals surface area contributed by atoms with E-state index >= 15 is 0 Å². The SMILES string of the molecule is CC1(C)CCCN1c1c(Cl)cccc1CCl. The molecule has 0 saturated carbocycles. The minimum absolute atomic E-state index is 0.186. The average Bonchev–Trinajstić information content (AvgIpc) is 2.57. The molecule has 0 unspecified atom stereocenters. The fourth-order valence-electron chi connectivity index (χ4n) is 2.49. The lowest BCUT2D eigenvalue weighted by molar-refractivity contribution is 0.517. The Bertz CT molecular complexity index is 388. The van der Waals surface area contributed by atoms with Crippen LogP contribution in [0, 0.1) is 0 Å². The highest BCUT2D eigenvalue weighted by molar-refractivity contribution is 6.33. The molecule has 2 rings (SSSR count). The van der Waals surface area contributed by atoms with Crippen molar-refractivity contribution in [1.29, 1.82) is 0 Å². The van der Waals surface area contributed by atoms with E-state index in [1.54, 1.807) is 0 Å². The number of nitrogens with zero attached hydrogens (tertiary/aromatic N) is 1. The second kappa shape index (κ2) is 4.46. The van der Waals surface area contributed by atoms with Crippen LogP contribution in [0.25, 0.3) is 0 Å². The predicted molar refractivity (Wildman–Crippen MR) is 71.7 cm³/mol. The molecule has 0 bridgehead atoms. The Hall–Kier alpha value is -0.400. The van der Waals surface area contributed by atoms with Gasteiger partial charge in [0.25, 0.3) is 0 Å². The summed E-state index contributed by atoms with van der Waals surface area (Å²) < 4.78 is 0. The number of alkyl halides is 1. The van der Waals surface area contributed by atoms with Crippen LogP contribution >= 0.6 is 23.2 Å². The summed E-state index contributed by atoms with van der Waals surface area (Å²) in [5.41, 5.74) is 2.44. The first-order chi connectivity index (χ1) is 7.56. The van der Waals surface area contributed by atoms with Crippen molar-refractivity contribution in [3.05, 3.63) is 28.8 Å². The Morgan fingerprint density at radius 2 is 2.12 bits per heavy atom. The highest BCUT2D eigenvalue weighted by atomic mass is 35.5. The molecule has 1 nitrogen and oxygen atoms in total. The smallest absolute Gasteiger partial charge is 0.0643 e. The van der Waals surface area contributed by atoms with Gasteiger partial charge in [0.2, 0.25) is 0 Å². The molecular weight excluding hydrogens is 241 g/mol. The zero-order chi connectivity index (χ0) is 11.8. The second-order valence-electron chi connectivity index (χ2n) is 4.95. The molecule has 1 aromatic carbocycles. The molecule has 0 aliphatic carbocycles. The van der Waals surface area contributed by atoms with Crippen LogP contribution in [0.4, 0.5) is 5.69 Å². The number of anilines is 1. The molecule has 1 heterocycles. The fraction of sp³-hybridized carbons (Fsp3) is 0.538. The number of hydrogen-bond donors (Lipinski definition) is 0. The van der Waals surface area contributed by atoms with E-state index in [9.17, 15) is 0 Å². The van der Waals surface area contributed by atoms with Gasteiger partial charge in [-0.05, 0) is 38.3 Å². The van der Waals surface area contributed by atoms with Gasteiger partial charge in [0.05, 0.1) is 10.7 Å². The molecule has 0 N–H and O–H groups in total. The first kappa shape index (κ1) is 12.1. The number of para-hydroxylation sites is 1. The van der Waals surface area contributed by atoms with Crippen LogP contribution in [0.15, 0.2) is 18.2 Å². The number of rotatable bonds is 2. The molecule has 1 aliphatic rings. The van der Waals surface area contributed by atoms with Crippen molar-refractivity contribution in [3.8, 4) is 0 Å². The molecule has 1 aromatic rings. The van der Waals surface area contributed by atoms with Gasteiger partial charge in [0, 0.05) is 18.0 Å². The molecule has 0 spiro atoms. The summed E-state index contributed by atoms with van der Waals surface area (Å²) in [7, 11) is 0. The quantitative estimate of drug-likeness (QED) is 0.708. The van der Waals surface area contributed by atoms with Crippen LogP contribution in [0.2, 0.25) is 5.02 Å². The Morgan fingerprint density at radius 1 is 1.38 bits per heavy atom. The highest BCUT2D eigenvalue weighted by Gasteiger charge is 2.33. The molecular formula is C13H17Cl2N. The van der Waals surface area contributed by atoms with E-state index in [0.29, 0.717) is 5.88 Å². The Kier molecular flexibility index (Phi) is 3.37. The first-order valence-electron chi connectivity index (χ1n) is 5.67. The summed E-state index contributed by atoms with van der Waals surface area (Å²) in [5, 5.41) is 0.813. The van der Waals surface area contributed by atoms with E-state index in [0.717, 1.165) is 22.8 Å². The molecule has 0 amide bonds. The second-order valence-corrected chi connectivity index (χ2v) is 5.62. The maximum atomic E-state index is 6.32. The van der Waals surface area contributed by atoms with Crippen molar-refractivity contribution in [2.75, 3.05) is 11.4 Å². The number of hydrogen-bond acceptors (Lipinski definition) is 1. The van der Waals surface area contributed by atoms with Crippen molar-refractivity contribution in [2.24, 2.45) is 0 Å². The summed E-state index contributed by atoms with van der Waals surface area (Å²) >= 11 is 12.3. The van der Waals surface area contributed by atoms with Gasteiger partial charge in [-0.2, -0.15) is 0 Å². The molecule has 1 fully saturated rings. The minimum atomic E-state index is 0.186. The summed E-state index contributed by atoms with van der Waals surface area (Å²) in [4.78, 5) is 2.40. The standard InChI is InChI=1S/C13H17Cl2N/c1-13(2)7-4-8-16(13)12-10(9-14)5-3-6-11(12)15/h3,5-6H,4,7-9H2,1-2H3. The molecule has 1 aliphatic heterocycles.